The minimum Gasteiger partial charge on any atom is -0.466 e. The van der Waals surface area contributed by atoms with Crippen LogP contribution in [0.1, 0.15) is 38.2 Å². The second-order valence-electron chi connectivity index (χ2n) is 4.10. The van der Waals surface area contributed by atoms with E-state index in [1.807, 2.05) is 0 Å². The zero-order chi connectivity index (χ0) is 13.5. The summed E-state index contributed by atoms with van der Waals surface area (Å²) in [6.45, 7) is 3.49. The van der Waals surface area contributed by atoms with Crippen LogP contribution in [0.4, 0.5) is 4.39 Å². The molecule has 0 aromatic heterocycles. The summed E-state index contributed by atoms with van der Waals surface area (Å²) < 4.78 is 17.8. The molecule has 0 spiro atoms. The molecule has 0 aliphatic rings. The van der Waals surface area contributed by atoms with Crippen molar-refractivity contribution in [1.82, 2.24) is 0 Å². The lowest BCUT2D eigenvalue weighted by atomic mass is 9.93. The summed E-state index contributed by atoms with van der Waals surface area (Å²) in [5.74, 6) is -1.21. The summed E-state index contributed by atoms with van der Waals surface area (Å²) in [5.41, 5.74) is 0.677. The molecule has 0 radical (unpaired) electrons. The van der Waals surface area contributed by atoms with Gasteiger partial charge in [-0.1, -0.05) is 12.1 Å². The number of Topliss-reactive ketones (excluding diaryl/α,β-unsaturated/α-hetero) is 1. The second-order valence-corrected chi connectivity index (χ2v) is 4.10. The molecule has 0 saturated carbocycles. The molecule has 3 nitrogen and oxygen atoms in total. The highest BCUT2D eigenvalue weighted by atomic mass is 19.1. The van der Waals surface area contributed by atoms with E-state index < -0.39 is 5.92 Å². The smallest absolute Gasteiger partial charge is 0.313 e. The van der Waals surface area contributed by atoms with Gasteiger partial charge in [-0.3, -0.25) is 4.79 Å². The average Bonchev–Trinajstić information content (AvgIpc) is 2.31. The van der Waals surface area contributed by atoms with Gasteiger partial charge in [-0.25, -0.2) is 4.39 Å². The Morgan fingerprint density at radius 1 is 1.28 bits per heavy atom. The van der Waals surface area contributed by atoms with Gasteiger partial charge in [0.2, 0.25) is 0 Å². The number of rotatable bonds is 6. The monoisotopic (exact) mass is 252 g/mol. The zero-order valence-corrected chi connectivity index (χ0v) is 10.6. The summed E-state index contributed by atoms with van der Waals surface area (Å²) >= 11 is 0. The molecule has 0 bridgehead atoms. The molecule has 0 aliphatic carbocycles. The van der Waals surface area contributed by atoms with Gasteiger partial charge in [-0.05, 0) is 38.0 Å². The van der Waals surface area contributed by atoms with Crippen LogP contribution in [-0.2, 0) is 14.3 Å². The largest absolute Gasteiger partial charge is 0.466 e. The van der Waals surface area contributed by atoms with E-state index in [9.17, 15) is 14.0 Å². The number of hydrogen-bond acceptors (Lipinski definition) is 3. The van der Waals surface area contributed by atoms with Crippen molar-refractivity contribution in [2.75, 3.05) is 6.61 Å². The predicted octanol–water partition coefficient (Wildman–Crippen LogP) is 2.84. The number of ketones is 1. The standard InChI is InChI=1S/C14H17FO3/c1-3-18-14(17)13(9-4-10(2)16)11-5-7-12(15)8-6-11/h5-8,13H,3-4,9H2,1-2H3. The predicted molar refractivity (Wildman–Crippen MR) is 65.7 cm³/mol. The molecule has 4 heteroatoms. The highest BCUT2D eigenvalue weighted by Gasteiger charge is 2.22. The first-order valence-corrected chi connectivity index (χ1v) is 5.96. The molecule has 98 valence electrons. The molecule has 0 fully saturated rings. The lowest BCUT2D eigenvalue weighted by molar-refractivity contribution is -0.145. The number of hydrogen-bond donors (Lipinski definition) is 0. The average molecular weight is 252 g/mol. The van der Waals surface area contributed by atoms with Gasteiger partial charge in [-0.2, -0.15) is 0 Å². The van der Waals surface area contributed by atoms with E-state index in [1.165, 1.54) is 19.1 Å². The quantitative estimate of drug-likeness (QED) is 0.731. The second kappa shape index (κ2) is 6.89. The van der Waals surface area contributed by atoms with Crippen LogP contribution in [0.25, 0.3) is 0 Å². The van der Waals surface area contributed by atoms with Crippen molar-refractivity contribution < 1.29 is 18.7 Å². The molecule has 1 unspecified atom stereocenters. The number of benzene rings is 1. The van der Waals surface area contributed by atoms with E-state index >= 15 is 0 Å². The maximum absolute atomic E-state index is 12.8. The molecule has 0 heterocycles. The molecular weight excluding hydrogens is 235 g/mol. The minimum absolute atomic E-state index is 0.0198. The van der Waals surface area contributed by atoms with E-state index in [4.69, 9.17) is 4.74 Å². The highest BCUT2D eigenvalue weighted by molar-refractivity contribution is 5.80. The van der Waals surface area contributed by atoms with Crippen molar-refractivity contribution in [2.24, 2.45) is 0 Å². The Hall–Kier alpha value is -1.71. The fraction of sp³-hybridized carbons (Fsp3) is 0.429. The van der Waals surface area contributed by atoms with E-state index in [2.05, 4.69) is 0 Å². The number of carbonyl (C=O) groups excluding carboxylic acids is 2. The summed E-state index contributed by atoms with van der Waals surface area (Å²) in [5, 5.41) is 0. The topological polar surface area (TPSA) is 43.4 Å². The fourth-order valence-electron chi connectivity index (χ4n) is 1.71. The Labute approximate surface area is 106 Å². The lowest BCUT2D eigenvalue weighted by Gasteiger charge is -2.15. The molecule has 18 heavy (non-hydrogen) atoms. The first-order chi connectivity index (χ1) is 8.54. The molecule has 1 aromatic carbocycles. The SMILES string of the molecule is CCOC(=O)C(CCC(C)=O)c1ccc(F)cc1. The number of halogens is 1. The van der Waals surface area contributed by atoms with Gasteiger partial charge in [-0.15, -0.1) is 0 Å². The zero-order valence-electron chi connectivity index (χ0n) is 10.6. The summed E-state index contributed by atoms with van der Waals surface area (Å²) in [7, 11) is 0. The maximum Gasteiger partial charge on any atom is 0.313 e. The van der Waals surface area contributed by atoms with E-state index in [-0.39, 0.29) is 24.2 Å². The van der Waals surface area contributed by atoms with Gasteiger partial charge < -0.3 is 9.53 Å². The van der Waals surface area contributed by atoms with Gasteiger partial charge >= 0.3 is 5.97 Å². The summed E-state index contributed by atoms with van der Waals surface area (Å²) in [6, 6.07) is 5.71. The number of esters is 1. The Morgan fingerprint density at radius 2 is 1.89 bits per heavy atom. The van der Waals surface area contributed by atoms with Crippen LogP contribution in [-0.4, -0.2) is 18.4 Å². The van der Waals surface area contributed by atoms with Crippen molar-refractivity contribution in [3.05, 3.63) is 35.6 Å². The van der Waals surface area contributed by atoms with Gasteiger partial charge in [0.25, 0.3) is 0 Å². The van der Waals surface area contributed by atoms with Gasteiger partial charge in [0.15, 0.2) is 0 Å². The van der Waals surface area contributed by atoms with Gasteiger partial charge in [0, 0.05) is 6.42 Å². The van der Waals surface area contributed by atoms with E-state index in [0.717, 1.165) is 0 Å². The summed E-state index contributed by atoms with van der Waals surface area (Å²) in [6.07, 6.45) is 0.695. The Morgan fingerprint density at radius 3 is 2.39 bits per heavy atom. The van der Waals surface area contributed by atoms with Crippen molar-refractivity contribution in [2.45, 2.75) is 32.6 Å². The molecule has 1 atom stereocenters. The molecule has 0 aliphatic heterocycles. The van der Waals surface area contributed by atoms with Crippen molar-refractivity contribution >= 4 is 11.8 Å². The number of carbonyl (C=O) groups is 2. The van der Waals surface area contributed by atoms with Crippen LogP contribution in [0.2, 0.25) is 0 Å². The Kier molecular flexibility index (Phi) is 5.49. The first-order valence-electron chi connectivity index (χ1n) is 5.96. The van der Waals surface area contributed by atoms with Crippen LogP contribution in [0.15, 0.2) is 24.3 Å². The molecule has 0 saturated heterocycles. The van der Waals surface area contributed by atoms with Crippen molar-refractivity contribution in [1.29, 1.82) is 0 Å². The summed E-state index contributed by atoms with van der Waals surface area (Å²) in [4.78, 5) is 22.8. The van der Waals surface area contributed by atoms with E-state index in [1.54, 1.807) is 19.1 Å². The van der Waals surface area contributed by atoms with Crippen LogP contribution < -0.4 is 0 Å². The van der Waals surface area contributed by atoms with Crippen LogP contribution in [0.3, 0.4) is 0 Å². The van der Waals surface area contributed by atoms with Crippen molar-refractivity contribution in [3.8, 4) is 0 Å². The van der Waals surface area contributed by atoms with Gasteiger partial charge in [0.1, 0.15) is 11.6 Å². The van der Waals surface area contributed by atoms with Crippen LogP contribution in [0.5, 0.6) is 0 Å². The third-order valence-corrected chi connectivity index (χ3v) is 2.63. The molecule has 1 aromatic rings. The number of ether oxygens (including phenoxy) is 1. The Balaban J connectivity index is 2.85. The molecule has 0 amide bonds. The lowest BCUT2D eigenvalue weighted by Crippen LogP contribution is -2.17. The van der Waals surface area contributed by atoms with Crippen LogP contribution >= 0.6 is 0 Å². The first kappa shape index (κ1) is 14.4. The van der Waals surface area contributed by atoms with Crippen molar-refractivity contribution in [3.63, 3.8) is 0 Å². The van der Waals surface area contributed by atoms with Gasteiger partial charge in [0.05, 0.1) is 12.5 Å². The molecule has 0 N–H and O–H groups in total. The molecular formula is C14H17FO3. The normalized spacial score (nSPS) is 11.9. The highest BCUT2D eigenvalue weighted by Crippen LogP contribution is 2.23. The fourth-order valence-corrected chi connectivity index (χ4v) is 1.71. The van der Waals surface area contributed by atoms with Crippen LogP contribution in [0, 0.1) is 5.82 Å². The third kappa shape index (κ3) is 4.28. The van der Waals surface area contributed by atoms with E-state index in [0.29, 0.717) is 18.4 Å². The Bertz CT molecular complexity index is 412. The maximum atomic E-state index is 12.8. The third-order valence-electron chi connectivity index (χ3n) is 2.63. The minimum atomic E-state index is -0.505. The molecule has 1 rings (SSSR count).